The third-order valence-corrected chi connectivity index (χ3v) is 3.66. The maximum Gasteiger partial charge on any atom is 0.00952 e. The van der Waals surface area contributed by atoms with Crippen LogP contribution >= 0.6 is 0 Å². The van der Waals surface area contributed by atoms with Crippen LogP contribution in [-0.2, 0) is 0 Å². The van der Waals surface area contributed by atoms with E-state index in [1.54, 1.807) is 0 Å². The van der Waals surface area contributed by atoms with E-state index in [2.05, 4.69) is 31.0 Å². The molecule has 1 saturated heterocycles. The minimum Gasteiger partial charge on any atom is -0.317 e. The number of rotatable bonds is 7. The second-order valence-electron chi connectivity index (χ2n) is 5.35. The lowest BCUT2D eigenvalue weighted by Crippen LogP contribution is -2.43. The lowest BCUT2D eigenvalue weighted by Gasteiger charge is -2.37. The molecule has 2 unspecified atom stereocenters. The maximum absolute atomic E-state index is 3.46. The highest BCUT2D eigenvalue weighted by atomic mass is 15.2. The van der Waals surface area contributed by atoms with Gasteiger partial charge in [-0.1, -0.05) is 33.6 Å². The van der Waals surface area contributed by atoms with Gasteiger partial charge in [-0.25, -0.2) is 0 Å². The van der Waals surface area contributed by atoms with E-state index < -0.39 is 0 Å². The molecule has 0 aromatic heterocycles. The van der Waals surface area contributed by atoms with Gasteiger partial charge >= 0.3 is 0 Å². The largest absolute Gasteiger partial charge is 0.317 e. The zero-order valence-corrected chi connectivity index (χ0v) is 11.5. The van der Waals surface area contributed by atoms with Crippen molar-refractivity contribution in [1.29, 1.82) is 0 Å². The van der Waals surface area contributed by atoms with Gasteiger partial charge in [-0.05, 0) is 44.8 Å². The predicted octanol–water partition coefficient (Wildman–Crippen LogP) is 2.89. The average Bonchev–Trinajstić information content (AvgIpc) is 2.29. The average molecular weight is 226 g/mol. The van der Waals surface area contributed by atoms with Gasteiger partial charge in [-0.15, -0.1) is 0 Å². The summed E-state index contributed by atoms with van der Waals surface area (Å²) in [6, 6.07) is 0.878. The molecule has 0 aromatic rings. The summed E-state index contributed by atoms with van der Waals surface area (Å²) in [5.41, 5.74) is 0. The Kier molecular flexibility index (Phi) is 7.06. The first kappa shape index (κ1) is 14.0. The van der Waals surface area contributed by atoms with Crippen molar-refractivity contribution >= 4 is 0 Å². The Morgan fingerprint density at radius 3 is 2.81 bits per heavy atom. The number of nitrogens with zero attached hydrogens (tertiary/aromatic N) is 1. The summed E-state index contributed by atoms with van der Waals surface area (Å²) in [6.07, 6.45) is 7.02. The molecule has 1 aliphatic rings. The van der Waals surface area contributed by atoms with Crippen LogP contribution in [0, 0.1) is 5.92 Å². The van der Waals surface area contributed by atoms with Gasteiger partial charge in [-0.3, -0.25) is 0 Å². The Balaban J connectivity index is 2.30. The molecule has 1 heterocycles. The van der Waals surface area contributed by atoms with Crippen molar-refractivity contribution < 1.29 is 0 Å². The molecule has 0 aliphatic carbocycles. The van der Waals surface area contributed by atoms with Gasteiger partial charge < -0.3 is 10.2 Å². The van der Waals surface area contributed by atoms with E-state index in [0.717, 1.165) is 18.5 Å². The van der Waals surface area contributed by atoms with Crippen molar-refractivity contribution in [1.82, 2.24) is 10.2 Å². The number of hydrogen-bond donors (Lipinski definition) is 1. The number of hydrogen-bond acceptors (Lipinski definition) is 2. The summed E-state index contributed by atoms with van der Waals surface area (Å²) in [5.74, 6) is 0.789. The van der Waals surface area contributed by atoms with Gasteiger partial charge in [0.05, 0.1) is 0 Å². The molecule has 0 radical (unpaired) electrons. The molecule has 1 N–H and O–H groups in total. The molecule has 1 aliphatic heterocycles. The SMILES string of the molecule is CCCC1CCCCN1CC(C)CNCC. The number of nitrogens with one attached hydrogen (secondary N) is 1. The van der Waals surface area contributed by atoms with Gasteiger partial charge in [-0.2, -0.15) is 0 Å². The van der Waals surface area contributed by atoms with Crippen LogP contribution in [0.5, 0.6) is 0 Å². The van der Waals surface area contributed by atoms with Crippen molar-refractivity contribution in [3.8, 4) is 0 Å². The van der Waals surface area contributed by atoms with Crippen molar-refractivity contribution in [3.63, 3.8) is 0 Å². The molecule has 0 bridgehead atoms. The fourth-order valence-corrected chi connectivity index (χ4v) is 2.82. The molecule has 0 amide bonds. The zero-order chi connectivity index (χ0) is 11.8. The quantitative estimate of drug-likeness (QED) is 0.718. The van der Waals surface area contributed by atoms with Crippen LogP contribution < -0.4 is 5.32 Å². The van der Waals surface area contributed by atoms with E-state index in [-0.39, 0.29) is 0 Å². The standard InChI is InChI=1S/C14H30N2/c1-4-8-14-9-6-7-10-16(14)12-13(3)11-15-5-2/h13-15H,4-12H2,1-3H3. The second kappa shape index (κ2) is 8.08. The summed E-state index contributed by atoms with van der Waals surface area (Å²) in [5, 5.41) is 3.46. The van der Waals surface area contributed by atoms with Crippen molar-refractivity contribution in [2.45, 2.75) is 58.9 Å². The lowest BCUT2D eigenvalue weighted by atomic mass is 9.97. The van der Waals surface area contributed by atoms with Gasteiger partial charge in [0, 0.05) is 12.6 Å². The minimum absolute atomic E-state index is 0.789. The zero-order valence-electron chi connectivity index (χ0n) is 11.5. The molecule has 1 rings (SSSR count). The van der Waals surface area contributed by atoms with E-state index in [0.29, 0.717) is 0 Å². The first-order valence-electron chi connectivity index (χ1n) is 7.22. The topological polar surface area (TPSA) is 15.3 Å². The fourth-order valence-electron chi connectivity index (χ4n) is 2.82. The molecule has 2 heteroatoms. The van der Waals surface area contributed by atoms with Crippen LogP contribution in [0.25, 0.3) is 0 Å². The Labute approximate surface area is 102 Å². The van der Waals surface area contributed by atoms with E-state index >= 15 is 0 Å². The first-order valence-corrected chi connectivity index (χ1v) is 7.22. The monoisotopic (exact) mass is 226 g/mol. The van der Waals surface area contributed by atoms with Gasteiger partial charge in [0.1, 0.15) is 0 Å². The summed E-state index contributed by atoms with van der Waals surface area (Å²) < 4.78 is 0. The van der Waals surface area contributed by atoms with Gasteiger partial charge in [0.2, 0.25) is 0 Å². The molecule has 96 valence electrons. The predicted molar refractivity (Wildman–Crippen MR) is 71.8 cm³/mol. The summed E-state index contributed by atoms with van der Waals surface area (Å²) in [4.78, 5) is 2.75. The van der Waals surface area contributed by atoms with Crippen molar-refractivity contribution in [2.75, 3.05) is 26.2 Å². The Morgan fingerprint density at radius 2 is 2.12 bits per heavy atom. The van der Waals surface area contributed by atoms with Crippen LogP contribution in [-0.4, -0.2) is 37.1 Å². The van der Waals surface area contributed by atoms with E-state index in [9.17, 15) is 0 Å². The van der Waals surface area contributed by atoms with Crippen LogP contribution in [0.15, 0.2) is 0 Å². The normalized spacial score (nSPS) is 24.6. The highest BCUT2D eigenvalue weighted by Gasteiger charge is 2.22. The Bertz CT molecular complexity index is 168. The molecule has 2 nitrogen and oxygen atoms in total. The van der Waals surface area contributed by atoms with Crippen LogP contribution in [0.2, 0.25) is 0 Å². The summed E-state index contributed by atoms with van der Waals surface area (Å²) >= 11 is 0. The van der Waals surface area contributed by atoms with E-state index in [1.807, 2.05) is 0 Å². The summed E-state index contributed by atoms with van der Waals surface area (Å²) in [7, 11) is 0. The molecule has 16 heavy (non-hydrogen) atoms. The van der Waals surface area contributed by atoms with Crippen molar-refractivity contribution in [2.24, 2.45) is 5.92 Å². The first-order chi connectivity index (χ1) is 7.77. The Hall–Kier alpha value is -0.0800. The molecule has 0 saturated carbocycles. The maximum atomic E-state index is 3.46. The van der Waals surface area contributed by atoms with Gasteiger partial charge in [0.25, 0.3) is 0 Å². The third-order valence-electron chi connectivity index (χ3n) is 3.66. The second-order valence-corrected chi connectivity index (χ2v) is 5.35. The fraction of sp³-hybridized carbons (Fsp3) is 1.00. The number of piperidine rings is 1. The molecule has 0 spiro atoms. The molecule has 2 atom stereocenters. The number of likely N-dealkylation sites (tertiary alicyclic amines) is 1. The minimum atomic E-state index is 0.789. The highest BCUT2D eigenvalue weighted by Crippen LogP contribution is 2.21. The third kappa shape index (κ3) is 4.84. The molecular formula is C14H30N2. The van der Waals surface area contributed by atoms with Crippen molar-refractivity contribution in [3.05, 3.63) is 0 Å². The Morgan fingerprint density at radius 1 is 1.31 bits per heavy atom. The van der Waals surface area contributed by atoms with Gasteiger partial charge in [0.15, 0.2) is 0 Å². The molecular weight excluding hydrogens is 196 g/mol. The van der Waals surface area contributed by atoms with E-state index in [1.165, 1.54) is 51.7 Å². The smallest absolute Gasteiger partial charge is 0.00952 e. The van der Waals surface area contributed by atoms with Crippen LogP contribution in [0.3, 0.4) is 0 Å². The summed E-state index contributed by atoms with van der Waals surface area (Å²) in [6.45, 7) is 11.8. The molecule has 0 aromatic carbocycles. The van der Waals surface area contributed by atoms with Crippen LogP contribution in [0.4, 0.5) is 0 Å². The molecule has 1 fully saturated rings. The highest BCUT2D eigenvalue weighted by molar-refractivity contribution is 4.78. The lowest BCUT2D eigenvalue weighted by molar-refractivity contribution is 0.120. The van der Waals surface area contributed by atoms with Crippen LogP contribution in [0.1, 0.15) is 52.9 Å². The van der Waals surface area contributed by atoms with E-state index in [4.69, 9.17) is 0 Å².